The Morgan fingerprint density at radius 1 is 1.00 bits per heavy atom. The summed E-state index contributed by atoms with van der Waals surface area (Å²) in [7, 11) is 0. The molecule has 6 nitrogen and oxygen atoms in total. The number of hydrogen-bond donors (Lipinski definition) is 3. The number of amides is 2. The van der Waals surface area contributed by atoms with Crippen molar-refractivity contribution < 1.29 is 9.59 Å². The van der Waals surface area contributed by atoms with E-state index in [1.807, 2.05) is 19.1 Å². The van der Waals surface area contributed by atoms with E-state index < -0.39 is 0 Å². The molecule has 1 aliphatic carbocycles. The molecule has 1 heterocycles. The summed E-state index contributed by atoms with van der Waals surface area (Å²) >= 11 is 0. The van der Waals surface area contributed by atoms with Gasteiger partial charge >= 0.3 is 0 Å². The van der Waals surface area contributed by atoms with E-state index in [0.29, 0.717) is 17.5 Å². The van der Waals surface area contributed by atoms with E-state index in [1.165, 1.54) is 31.2 Å². The summed E-state index contributed by atoms with van der Waals surface area (Å²) in [6.07, 6.45) is 5.97. The fourth-order valence-electron chi connectivity index (χ4n) is 5.21. The number of carbonyl (C=O) groups is 2. The molecule has 1 saturated heterocycles. The average molecular weight is 463 g/mol. The quantitative estimate of drug-likeness (QED) is 0.525. The topological polar surface area (TPSA) is 73.5 Å². The van der Waals surface area contributed by atoms with Gasteiger partial charge in [0.05, 0.1) is 12.6 Å². The lowest BCUT2D eigenvalue weighted by Gasteiger charge is -2.46. The molecule has 1 aliphatic heterocycles. The number of aryl methyl sites for hydroxylation is 1. The minimum atomic E-state index is -0.217. The van der Waals surface area contributed by atoms with Crippen LogP contribution in [0.1, 0.15) is 66.4 Å². The summed E-state index contributed by atoms with van der Waals surface area (Å²) < 4.78 is 0. The first-order valence-electron chi connectivity index (χ1n) is 12.7. The molecule has 2 aromatic carbocycles. The van der Waals surface area contributed by atoms with Crippen LogP contribution >= 0.6 is 0 Å². The lowest BCUT2D eigenvalue weighted by Crippen LogP contribution is -2.63. The van der Waals surface area contributed by atoms with Crippen LogP contribution in [0.25, 0.3) is 0 Å². The van der Waals surface area contributed by atoms with Crippen LogP contribution in [0.2, 0.25) is 0 Å². The molecule has 0 unspecified atom stereocenters. The Kier molecular flexibility index (Phi) is 8.22. The first kappa shape index (κ1) is 24.3. The predicted molar refractivity (Wildman–Crippen MR) is 137 cm³/mol. The first-order valence-corrected chi connectivity index (χ1v) is 12.7. The van der Waals surface area contributed by atoms with Crippen LogP contribution in [-0.4, -0.2) is 55.0 Å². The zero-order chi connectivity index (χ0) is 23.9. The van der Waals surface area contributed by atoms with Crippen LogP contribution in [-0.2, 0) is 4.79 Å². The normalized spacial score (nSPS) is 20.9. The van der Waals surface area contributed by atoms with Crippen LogP contribution in [0.3, 0.4) is 0 Å². The van der Waals surface area contributed by atoms with Crippen molar-refractivity contribution in [2.24, 2.45) is 0 Å². The largest absolute Gasteiger partial charge is 0.385 e. The van der Waals surface area contributed by atoms with Crippen molar-refractivity contribution in [2.45, 2.75) is 64.0 Å². The molecule has 2 amide bonds. The smallest absolute Gasteiger partial charge is 0.251 e. The van der Waals surface area contributed by atoms with Gasteiger partial charge in [0, 0.05) is 36.9 Å². The highest BCUT2D eigenvalue weighted by Gasteiger charge is 2.35. The lowest BCUT2D eigenvalue weighted by atomic mass is 9.80. The molecule has 4 rings (SSSR count). The molecule has 1 saturated carbocycles. The van der Waals surface area contributed by atoms with Gasteiger partial charge in [0.15, 0.2) is 0 Å². The van der Waals surface area contributed by atoms with Crippen molar-refractivity contribution in [3.05, 3.63) is 65.2 Å². The Hall–Kier alpha value is -2.86. The van der Waals surface area contributed by atoms with Crippen molar-refractivity contribution in [3.63, 3.8) is 0 Å². The minimum absolute atomic E-state index is 0.00635. The van der Waals surface area contributed by atoms with Gasteiger partial charge in [-0.3, -0.25) is 14.5 Å². The number of nitrogens with one attached hydrogen (secondary N) is 3. The molecular formula is C28H38N4O2. The van der Waals surface area contributed by atoms with Crippen molar-refractivity contribution in [2.75, 3.05) is 31.5 Å². The summed E-state index contributed by atoms with van der Waals surface area (Å²) in [6.45, 7) is 6.83. The molecule has 34 heavy (non-hydrogen) atoms. The van der Waals surface area contributed by atoms with E-state index in [-0.39, 0.29) is 24.4 Å². The molecule has 0 spiro atoms. The highest BCUT2D eigenvalue weighted by atomic mass is 16.2. The Morgan fingerprint density at radius 2 is 1.74 bits per heavy atom. The van der Waals surface area contributed by atoms with Crippen LogP contribution in [0.4, 0.5) is 5.69 Å². The van der Waals surface area contributed by atoms with Gasteiger partial charge in [-0.2, -0.15) is 0 Å². The zero-order valence-corrected chi connectivity index (χ0v) is 20.5. The Balaban J connectivity index is 1.14. The molecule has 2 fully saturated rings. The third kappa shape index (κ3) is 6.17. The predicted octanol–water partition coefficient (Wildman–Crippen LogP) is 4.07. The third-order valence-electron chi connectivity index (χ3n) is 7.22. The summed E-state index contributed by atoms with van der Waals surface area (Å²) in [4.78, 5) is 27.3. The second kappa shape index (κ2) is 11.5. The lowest BCUT2D eigenvalue weighted by molar-refractivity contribution is -0.122. The number of carbonyl (C=O) groups excluding carboxylic acids is 2. The number of rotatable bonds is 9. The second-order valence-corrected chi connectivity index (χ2v) is 9.77. The monoisotopic (exact) mass is 462 g/mol. The molecule has 0 radical (unpaired) electrons. The molecule has 182 valence electrons. The first-order chi connectivity index (χ1) is 16.5. The van der Waals surface area contributed by atoms with E-state index in [0.717, 1.165) is 37.3 Å². The Bertz CT molecular complexity index is 964. The van der Waals surface area contributed by atoms with Gasteiger partial charge in [-0.15, -0.1) is 0 Å². The van der Waals surface area contributed by atoms with Gasteiger partial charge in [-0.05, 0) is 74.3 Å². The fourth-order valence-corrected chi connectivity index (χ4v) is 5.21. The van der Waals surface area contributed by atoms with Crippen LogP contribution in [0.15, 0.2) is 48.5 Å². The van der Waals surface area contributed by atoms with Crippen LogP contribution in [0, 0.1) is 6.92 Å². The zero-order valence-electron chi connectivity index (χ0n) is 20.5. The fraction of sp³-hybridized carbons (Fsp3) is 0.500. The Labute approximate surface area is 203 Å². The summed E-state index contributed by atoms with van der Waals surface area (Å²) in [5.41, 5.74) is 4.11. The third-order valence-corrected chi connectivity index (χ3v) is 7.22. The molecule has 0 atom stereocenters. The van der Waals surface area contributed by atoms with Gasteiger partial charge in [-0.1, -0.05) is 37.3 Å². The maximum absolute atomic E-state index is 12.5. The van der Waals surface area contributed by atoms with Gasteiger partial charge in [0.1, 0.15) is 0 Å². The van der Waals surface area contributed by atoms with Crippen LogP contribution in [0.5, 0.6) is 0 Å². The highest BCUT2D eigenvalue weighted by molar-refractivity contribution is 5.97. The highest BCUT2D eigenvalue weighted by Crippen LogP contribution is 2.35. The number of nitrogens with zero attached hydrogens (tertiary/aromatic N) is 1. The molecular weight excluding hydrogens is 424 g/mol. The summed E-state index contributed by atoms with van der Waals surface area (Å²) in [5, 5.41) is 9.17. The molecule has 0 bridgehead atoms. The van der Waals surface area contributed by atoms with Crippen molar-refractivity contribution in [1.29, 1.82) is 0 Å². The van der Waals surface area contributed by atoms with Crippen molar-refractivity contribution >= 4 is 17.5 Å². The standard InChI is InChI=1S/C28H38N4O2/c1-3-15-29-26-14-11-23(16-20(26)2)28(34)30-17-27(33)31-24-18-32(19-24)25-12-9-22(10-13-25)21-7-5-4-6-8-21/h4-8,11,14,16,22,24-25,29H,3,9-10,12-13,15,17-19H2,1-2H3,(H,30,34)(H,31,33). The molecule has 2 aliphatic rings. The van der Waals surface area contributed by atoms with Gasteiger partial charge in [0.25, 0.3) is 5.91 Å². The van der Waals surface area contributed by atoms with Crippen molar-refractivity contribution in [3.8, 4) is 0 Å². The van der Waals surface area contributed by atoms with Gasteiger partial charge in [-0.25, -0.2) is 0 Å². The molecule has 3 N–H and O–H groups in total. The maximum Gasteiger partial charge on any atom is 0.251 e. The molecule has 2 aromatic rings. The SMILES string of the molecule is CCCNc1ccc(C(=O)NCC(=O)NC2CN(C3CCC(c4ccccc4)CC3)C2)cc1C. The second-order valence-electron chi connectivity index (χ2n) is 9.77. The number of likely N-dealkylation sites (tertiary alicyclic amines) is 1. The summed E-state index contributed by atoms with van der Waals surface area (Å²) in [5.74, 6) is 0.347. The van der Waals surface area contributed by atoms with Gasteiger partial charge < -0.3 is 16.0 Å². The summed E-state index contributed by atoms with van der Waals surface area (Å²) in [6, 6.07) is 17.3. The van der Waals surface area contributed by atoms with Gasteiger partial charge in [0.2, 0.25) is 5.91 Å². The van der Waals surface area contributed by atoms with E-state index in [1.54, 1.807) is 6.07 Å². The average Bonchev–Trinajstić information content (AvgIpc) is 2.84. The molecule has 0 aromatic heterocycles. The number of anilines is 1. The van der Waals surface area contributed by atoms with E-state index in [4.69, 9.17) is 0 Å². The van der Waals surface area contributed by atoms with Crippen LogP contribution < -0.4 is 16.0 Å². The van der Waals surface area contributed by atoms with E-state index >= 15 is 0 Å². The number of hydrogen-bond acceptors (Lipinski definition) is 4. The number of benzene rings is 2. The van der Waals surface area contributed by atoms with Crippen molar-refractivity contribution in [1.82, 2.24) is 15.5 Å². The van der Waals surface area contributed by atoms with E-state index in [9.17, 15) is 9.59 Å². The maximum atomic E-state index is 12.5. The minimum Gasteiger partial charge on any atom is -0.385 e. The van der Waals surface area contributed by atoms with E-state index in [2.05, 4.69) is 58.1 Å². The Morgan fingerprint density at radius 3 is 2.41 bits per heavy atom. The molecule has 6 heteroatoms.